The molecule has 0 amide bonds. The molecule has 1 saturated heterocycles. The predicted octanol–water partition coefficient (Wildman–Crippen LogP) is 3.77. The molecule has 0 bridgehead atoms. The summed E-state index contributed by atoms with van der Waals surface area (Å²) in [5.74, 6) is 0. The summed E-state index contributed by atoms with van der Waals surface area (Å²) in [5, 5.41) is 0. The van der Waals surface area contributed by atoms with Crippen LogP contribution in [0.3, 0.4) is 0 Å². The maximum absolute atomic E-state index is 6.33. The van der Waals surface area contributed by atoms with E-state index in [0.29, 0.717) is 25.5 Å². The Morgan fingerprint density at radius 3 is 1.97 bits per heavy atom. The standard InChI is InChI=1S/C20H34NO8P/c1-7-26-30(27-8-2,21-15-12-10-9-11-13-15)29-20-19(25-6)18(24-5)17(23-4)16(28-20)14-22-3/h9-13,16-20H,7-8,14H2,1-6H3/t16-,17-,18+,19-,20?/m1/s1. The van der Waals surface area contributed by atoms with Gasteiger partial charge in [-0.15, -0.1) is 0 Å². The smallest absolute Gasteiger partial charge is 0.363 e. The molecule has 1 fully saturated rings. The van der Waals surface area contributed by atoms with Gasteiger partial charge in [-0.3, -0.25) is 4.52 Å². The molecule has 10 heteroatoms. The number of hydrogen-bond acceptors (Lipinski definition) is 9. The fourth-order valence-corrected chi connectivity index (χ4v) is 5.20. The third-order valence-corrected chi connectivity index (χ3v) is 6.67. The molecule has 0 aromatic heterocycles. The summed E-state index contributed by atoms with van der Waals surface area (Å²) in [4.78, 5) is 0. The lowest BCUT2D eigenvalue weighted by Crippen LogP contribution is -2.61. The highest BCUT2D eigenvalue weighted by Crippen LogP contribution is 2.57. The molecule has 0 N–H and O–H groups in total. The Morgan fingerprint density at radius 2 is 1.47 bits per heavy atom. The second kappa shape index (κ2) is 12.9. The van der Waals surface area contributed by atoms with Crippen molar-refractivity contribution in [1.29, 1.82) is 0 Å². The average molecular weight is 447 g/mol. The Kier molecular flexibility index (Phi) is 10.9. The first-order chi connectivity index (χ1) is 14.6. The van der Waals surface area contributed by atoms with Crippen molar-refractivity contribution in [3.63, 3.8) is 0 Å². The van der Waals surface area contributed by atoms with E-state index in [1.807, 2.05) is 44.2 Å². The normalized spacial score (nSPS) is 27.2. The summed E-state index contributed by atoms with van der Waals surface area (Å²) in [5.41, 5.74) is 0.684. The molecule has 2 rings (SSSR count). The zero-order valence-electron chi connectivity index (χ0n) is 18.6. The summed E-state index contributed by atoms with van der Waals surface area (Å²) in [7, 11) is 3.19. The maximum atomic E-state index is 6.33. The summed E-state index contributed by atoms with van der Waals surface area (Å²) >= 11 is 0. The molecule has 30 heavy (non-hydrogen) atoms. The number of ether oxygens (including phenoxy) is 5. The topological polar surface area (TPSA) is 86.2 Å². The first kappa shape index (κ1) is 25.4. The van der Waals surface area contributed by atoms with E-state index in [9.17, 15) is 0 Å². The van der Waals surface area contributed by atoms with Crippen molar-refractivity contribution in [3.8, 4) is 0 Å². The van der Waals surface area contributed by atoms with E-state index in [1.165, 1.54) is 0 Å². The quantitative estimate of drug-likeness (QED) is 0.448. The van der Waals surface area contributed by atoms with Gasteiger partial charge >= 0.3 is 7.74 Å². The van der Waals surface area contributed by atoms with Gasteiger partial charge in [-0.2, -0.15) is 4.74 Å². The van der Waals surface area contributed by atoms with E-state index in [1.54, 1.807) is 28.4 Å². The molecule has 0 spiro atoms. The Morgan fingerprint density at radius 1 is 0.867 bits per heavy atom. The third kappa shape index (κ3) is 6.32. The lowest BCUT2D eigenvalue weighted by Gasteiger charge is -2.45. The van der Waals surface area contributed by atoms with E-state index < -0.39 is 38.4 Å². The molecule has 0 radical (unpaired) electrons. The van der Waals surface area contributed by atoms with Crippen LogP contribution in [0.25, 0.3) is 0 Å². The van der Waals surface area contributed by atoms with E-state index in [0.717, 1.165) is 0 Å². The molecule has 1 aliphatic rings. The molecule has 1 aliphatic heterocycles. The van der Waals surface area contributed by atoms with Crippen molar-refractivity contribution in [2.45, 2.75) is 44.6 Å². The summed E-state index contributed by atoms with van der Waals surface area (Å²) in [6.45, 7) is 4.72. The van der Waals surface area contributed by atoms with Crippen molar-refractivity contribution >= 4 is 13.4 Å². The largest absolute Gasteiger partial charge is 0.382 e. The van der Waals surface area contributed by atoms with Gasteiger partial charge in [0.2, 0.25) is 0 Å². The predicted molar refractivity (Wildman–Crippen MR) is 113 cm³/mol. The van der Waals surface area contributed by atoms with Gasteiger partial charge in [-0.1, -0.05) is 18.2 Å². The van der Waals surface area contributed by atoms with Gasteiger partial charge in [-0.25, -0.2) is 0 Å². The summed E-state index contributed by atoms with van der Waals surface area (Å²) in [6.07, 6.45) is -2.77. The van der Waals surface area contributed by atoms with Gasteiger partial charge in [0.25, 0.3) is 0 Å². The van der Waals surface area contributed by atoms with Gasteiger partial charge in [0.15, 0.2) is 6.29 Å². The molecule has 1 heterocycles. The molecule has 1 unspecified atom stereocenters. The second-order valence-corrected chi connectivity index (χ2v) is 8.31. The van der Waals surface area contributed by atoms with Crippen LogP contribution in [-0.4, -0.2) is 79.0 Å². The molecular weight excluding hydrogens is 413 g/mol. The average Bonchev–Trinajstić information content (AvgIpc) is 2.74. The van der Waals surface area contributed by atoms with Crippen LogP contribution in [0.4, 0.5) is 5.69 Å². The van der Waals surface area contributed by atoms with Crippen LogP contribution >= 0.6 is 7.74 Å². The van der Waals surface area contributed by atoms with Crippen LogP contribution in [0.15, 0.2) is 35.1 Å². The maximum Gasteiger partial charge on any atom is 0.363 e. The highest BCUT2D eigenvalue weighted by atomic mass is 31.2. The summed E-state index contributed by atoms with van der Waals surface area (Å²) < 4.78 is 51.4. The molecular formula is C20H34NO8P. The fourth-order valence-electron chi connectivity index (χ4n) is 3.34. The van der Waals surface area contributed by atoms with Crippen molar-refractivity contribution < 1.29 is 37.3 Å². The minimum atomic E-state index is -3.16. The lowest BCUT2D eigenvalue weighted by molar-refractivity contribution is -0.294. The van der Waals surface area contributed by atoms with Crippen molar-refractivity contribution in [2.75, 3.05) is 48.3 Å². The van der Waals surface area contributed by atoms with Crippen molar-refractivity contribution in [3.05, 3.63) is 30.3 Å². The van der Waals surface area contributed by atoms with Crippen LogP contribution in [0, 0.1) is 0 Å². The van der Waals surface area contributed by atoms with E-state index >= 15 is 0 Å². The van der Waals surface area contributed by atoms with Gasteiger partial charge in [0.1, 0.15) is 24.4 Å². The highest BCUT2D eigenvalue weighted by Gasteiger charge is 2.49. The van der Waals surface area contributed by atoms with Gasteiger partial charge in [0.05, 0.1) is 25.5 Å². The second-order valence-electron chi connectivity index (χ2n) is 6.44. The highest BCUT2D eigenvalue weighted by molar-refractivity contribution is 7.51. The summed E-state index contributed by atoms with van der Waals surface area (Å²) in [6, 6.07) is 9.41. The van der Waals surface area contributed by atoms with Crippen LogP contribution < -0.4 is 0 Å². The molecule has 5 atom stereocenters. The third-order valence-electron chi connectivity index (χ3n) is 4.55. The van der Waals surface area contributed by atoms with Crippen LogP contribution in [-0.2, 0) is 37.3 Å². The Hall–Kier alpha value is -0.870. The van der Waals surface area contributed by atoms with E-state index in [-0.39, 0.29) is 0 Å². The Bertz CT molecular complexity index is 651. The monoisotopic (exact) mass is 447 g/mol. The molecule has 9 nitrogen and oxygen atoms in total. The van der Waals surface area contributed by atoms with Crippen LogP contribution in [0.2, 0.25) is 0 Å². The van der Waals surface area contributed by atoms with Gasteiger partial charge < -0.3 is 32.7 Å². The van der Waals surface area contributed by atoms with Gasteiger partial charge in [-0.05, 0) is 26.0 Å². The lowest BCUT2D eigenvalue weighted by atomic mass is 9.98. The Balaban J connectivity index is 2.43. The molecule has 1 aromatic rings. The van der Waals surface area contributed by atoms with Crippen LogP contribution in [0.1, 0.15) is 13.8 Å². The minimum Gasteiger partial charge on any atom is -0.382 e. The zero-order valence-corrected chi connectivity index (χ0v) is 19.4. The van der Waals surface area contributed by atoms with Crippen molar-refractivity contribution in [1.82, 2.24) is 0 Å². The molecule has 172 valence electrons. The van der Waals surface area contributed by atoms with Crippen LogP contribution in [0.5, 0.6) is 0 Å². The number of methoxy groups -OCH3 is 4. The number of benzene rings is 1. The molecule has 0 aliphatic carbocycles. The zero-order chi connectivity index (χ0) is 22.0. The molecule has 1 aromatic carbocycles. The molecule has 0 saturated carbocycles. The van der Waals surface area contributed by atoms with Crippen molar-refractivity contribution in [2.24, 2.45) is 4.74 Å². The van der Waals surface area contributed by atoms with E-state index in [2.05, 4.69) is 0 Å². The Labute approximate surface area is 179 Å². The number of hydrogen-bond donors (Lipinski definition) is 0. The first-order valence-corrected chi connectivity index (χ1v) is 11.4. The number of rotatable bonds is 12. The number of nitrogens with zero attached hydrogens (tertiary/aromatic N) is 1. The fraction of sp³-hybridized carbons (Fsp3) is 0.700. The SMILES string of the molecule is CCOP(=Nc1ccccc1)(OCC)OC1O[C@H](COC)[C@@H](OC)[C@H](OC)[C@H]1OC. The van der Waals surface area contributed by atoms with E-state index in [4.69, 9.17) is 42.0 Å². The minimum absolute atomic E-state index is 0.291. The first-order valence-electron chi connectivity index (χ1n) is 9.95. The van der Waals surface area contributed by atoms with Gasteiger partial charge in [0, 0.05) is 28.4 Å².